The predicted octanol–water partition coefficient (Wildman–Crippen LogP) is 5.26. The van der Waals surface area contributed by atoms with Gasteiger partial charge in [-0.3, -0.25) is 14.5 Å². The third-order valence-electron chi connectivity index (χ3n) is 13.9. The summed E-state index contributed by atoms with van der Waals surface area (Å²) in [5.74, 6) is 0.0490. The van der Waals surface area contributed by atoms with Crippen molar-refractivity contribution in [2.45, 2.75) is 94.1 Å². The van der Waals surface area contributed by atoms with Crippen LogP contribution in [0.25, 0.3) is 10.9 Å². The SMILES string of the molecule is CC[C@]12C=CCN3CCC4(c5ccc(OC)cc5N(C)C4C(O)C1OC(C)=O)C32.COC(=O)C1CCCC(OC)CN(C)CCc2c1[nH]c1ccc(N(C)C)cc21. The van der Waals surface area contributed by atoms with Gasteiger partial charge in [0, 0.05) is 106 Å². The lowest BCUT2D eigenvalue weighted by atomic mass is 9.51. The van der Waals surface area contributed by atoms with E-state index in [2.05, 4.69) is 81.0 Å². The monoisotopic (exact) mass is 785 g/mol. The summed E-state index contributed by atoms with van der Waals surface area (Å²) in [6.07, 6.45) is 8.57. The number of nitrogens with one attached hydrogen (secondary N) is 1. The molecule has 12 heteroatoms. The van der Waals surface area contributed by atoms with Gasteiger partial charge in [0.15, 0.2) is 0 Å². The number of nitrogens with zero attached hydrogens (tertiary/aromatic N) is 4. The van der Waals surface area contributed by atoms with Crippen LogP contribution < -0.4 is 14.5 Å². The zero-order valence-electron chi connectivity index (χ0n) is 35.3. The Labute approximate surface area is 338 Å². The normalized spacial score (nSPS) is 30.9. The lowest BCUT2D eigenvalue weighted by molar-refractivity contribution is -0.184. The highest BCUT2D eigenvalue weighted by Gasteiger charge is 2.73. The number of H-pyrrole nitrogens is 1. The van der Waals surface area contributed by atoms with E-state index in [1.165, 1.54) is 30.5 Å². The van der Waals surface area contributed by atoms with Gasteiger partial charge >= 0.3 is 11.9 Å². The molecule has 2 aromatic carbocycles. The van der Waals surface area contributed by atoms with Crippen LogP contribution in [0.2, 0.25) is 0 Å². The molecular formula is C45H63N5O7. The smallest absolute Gasteiger partial charge is 0.314 e. The first-order valence-corrected chi connectivity index (χ1v) is 20.6. The number of methoxy groups -OCH3 is 3. The molecule has 57 heavy (non-hydrogen) atoms. The van der Waals surface area contributed by atoms with E-state index in [-0.39, 0.29) is 41.5 Å². The molecule has 1 saturated carbocycles. The quantitative estimate of drug-likeness (QED) is 0.252. The fourth-order valence-electron chi connectivity index (χ4n) is 11.3. The van der Waals surface area contributed by atoms with Crippen molar-refractivity contribution in [1.29, 1.82) is 0 Å². The fourth-order valence-corrected chi connectivity index (χ4v) is 11.3. The Morgan fingerprint density at radius 3 is 2.53 bits per heavy atom. The Kier molecular flexibility index (Phi) is 11.7. The number of fused-ring (bicyclic) bond motifs is 4. The minimum Gasteiger partial charge on any atom is -0.497 e. The maximum absolute atomic E-state index is 12.7. The molecule has 7 unspecified atom stereocenters. The van der Waals surface area contributed by atoms with Crippen molar-refractivity contribution >= 4 is 34.2 Å². The molecule has 1 aromatic heterocycles. The van der Waals surface area contributed by atoms with Gasteiger partial charge in [-0.15, -0.1) is 0 Å². The molecular weight excluding hydrogens is 723 g/mol. The number of esters is 2. The number of carbonyl (C=O) groups excluding carboxylic acids is 2. The average Bonchev–Trinajstić information content (AvgIpc) is 3.85. The summed E-state index contributed by atoms with van der Waals surface area (Å²) in [6.45, 7) is 7.29. The standard InChI is InChI=1S/C23H30N2O4.C22H33N3O3/c1-5-22-9-6-11-25-12-10-23(21(22)25)16-8-7-15(28-4)13-17(16)24(3)19(23)18(27)20(22)29-14(2)26;1-24(2)15-9-10-20-19(13-15)17-11-12-25(3)14-16(27-4)7-6-8-18(21(17)23-20)22(26)28-5/h6-9,13,18-21,27H,5,10-12H2,1-4H3;9-10,13,16,18,23H,6-8,11-12,14H2,1-5H3/t18?,19?,20?,21?,22-,23?;/m0./s1. The van der Waals surface area contributed by atoms with Crippen LogP contribution in [0.15, 0.2) is 48.6 Å². The van der Waals surface area contributed by atoms with Crippen LogP contribution in [0, 0.1) is 5.41 Å². The number of aliphatic hydroxyl groups excluding tert-OH is 1. The highest BCUT2D eigenvalue weighted by molar-refractivity contribution is 5.90. The van der Waals surface area contributed by atoms with Gasteiger partial charge in [-0.2, -0.15) is 0 Å². The number of anilines is 2. The topological polar surface area (TPSA) is 120 Å². The molecule has 8 atom stereocenters. The average molecular weight is 786 g/mol. The van der Waals surface area contributed by atoms with Crippen LogP contribution in [0.4, 0.5) is 11.4 Å². The van der Waals surface area contributed by atoms with Crippen LogP contribution in [0.5, 0.6) is 5.75 Å². The van der Waals surface area contributed by atoms with Gasteiger partial charge in [0.1, 0.15) is 18.0 Å². The molecule has 310 valence electrons. The van der Waals surface area contributed by atoms with E-state index >= 15 is 0 Å². The molecule has 0 radical (unpaired) electrons. The van der Waals surface area contributed by atoms with Crippen LogP contribution in [0.3, 0.4) is 0 Å². The molecule has 12 nitrogen and oxygen atoms in total. The van der Waals surface area contributed by atoms with Gasteiger partial charge in [0.05, 0.1) is 32.3 Å². The first-order chi connectivity index (χ1) is 27.3. The predicted molar refractivity (Wildman–Crippen MR) is 223 cm³/mol. The van der Waals surface area contributed by atoms with Gasteiger partial charge in [0.25, 0.3) is 0 Å². The maximum atomic E-state index is 12.7. The molecule has 2 fully saturated rings. The van der Waals surface area contributed by atoms with Gasteiger partial charge < -0.3 is 43.7 Å². The molecule has 5 heterocycles. The van der Waals surface area contributed by atoms with Crippen molar-refractivity contribution in [2.24, 2.45) is 5.41 Å². The highest BCUT2D eigenvalue weighted by atomic mass is 16.6. The molecule has 1 spiro atoms. The maximum Gasteiger partial charge on any atom is 0.314 e. The first kappa shape index (κ1) is 41.1. The molecule has 1 saturated heterocycles. The van der Waals surface area contributed by atoms with E-state index in [0.29, 0.717) is 0 Å². The number of likely N-dealkylation sites (N-methyl/N-ethyl adjacent to an activating group) is 2. The van der Waals surface area contributed by atoms with E-state index in [9.17, 15) is 14.7 Å². The zero-order chi connectivity index (χ0) is 40.8. The number of aliphatic hydroxyl groups is 1. The highest BCUT2D eigenvalue weighted by Crippen LogP contribution is 2.65. The summed E-state index contributed by atoms with van der Waals surface area (Å²) < 4.78 is 22.2. The summed E-state index contributed by atoms with van der Waals surface area (Å²) in [5, 5.41) is 12.9. The second-order valence-corrected chi connectivity index (χ2v) is 17.0. The molecule has 8 rings (SSSR count). The van der Waals surface area contributed by atoms with Crippen molar-refractivity contribution in [2.75, 3.05) is 85.5 Å². The van der Waals surface area contributed by atoms with E-state index in [1.54, 1.807) is 14.2 Å². The largest absolute Gasteiger partial charge is 0.497 e. The third-order valence-corrected chi connectivity index (χ3v) is 13.9. The van der Waals surface area contributed by atoms with Crippen molar-refractivity contribution in [3.63, 3.8) is 0 Å². The van der Waals surface area contributed by atoms with Crippen molar-refractivity contribution in [3.8, 4) is 5.75 Å². The second kappa shape index (κ2) is 16.3. The zero-order valence-corrected chi connectivity index (χ0v) is 35.3. The Morgan fingerprint density at radius 2 is 1.84 bits per heavy atom. The van der Waals surface area contributed by atoms with E-state index in [1.807, 2.05) is 27.2 Å². The third kappa shape index (κ3) is 6.90. The Bertz CT molecular complexity index is 1980. The lowest BCUT2D eigenvalue weighted by Gasteiger charge is -2.60. The number of benzene rings is 2. The number of carbonyl (C=O) groups is 2. The van der Waals surface area contributed by atoms with Gasteiger partial charge in [0.2, 0.25) is 0 Å². The molecule has 3 aromatic rings. The minimum atomic E-state index is -0.777. The Balaban J connectivity index is 0.000000174. The van der Waals surface area contributed by atoms with Gasteiger partial charge in [-0.1, -0.05) is 25.1 Å². The second-order valence-electron chi connectivity index (χ2n) is 17.0. The first-order valence-electron chi connectivity index (χ1n) is 20.6. The van der Waals surface area contributed by atoms with Crippen LogP contribution in [-0.2, 0) is 35.6 Å². The van der Waals surface area contributed by atoms with Crippen molar-refractivity contribution in [3.05, 3.63) is 65.4 Å². The molecule has 4 aliphatic heterocycles. The van der Waals surface area contributed by atoms with Crippen LogP contribution in [-0.4, -0.2) is 138 Å². The summed E-state index contributed by atoms with van der Waals surface area (Å²) in [4.78, 5) is 37.4. The van der Waals surface area contributed by atoms with Crippen LogP contribution >= 0.6 is 0 Å². The molecule has 1 aliphatic carbocycles. The number of hydrogen-bond acceptors (Lipinski definition) is 11. The molecule has 2 N–H and O–H groups in total. The molecule has 5 aliphatic rings. The van der Waals surface area contributed by atoms with Crippen LogP contribution in [0.1, 0.15) is 68.7 Å². The number of ether oxygens (including phenoxy) is 4. The Hall–Kier alpha value is -4.10. The number of aromatic nitrogens is 1. The molecule has 0 bridgehead atoms. The fraction of sp³-hybridized carbons (Fsp3) is 0.600. The summed E-state index contributed by atoms with van der Waals surface area (Å²) in [7, 11) is 13.2. The van der Waals surface area contributed by atoms with E-state index in [4.69, 9.17) is 18.9 Å². The minimum absolute atomic E-state index is 0.143. The Morgan fingerprint density at radius 1 is 1.05 bits per heavy atom. The van der Waals surface area contributed by atoms with Gasteiger partial charge in [-0.25, -0.2) is 0 Å². The summed E-state index contributed by atoms with van der Waals surface area (Å²) in [6, 6.07) is 12.8. The number of aromatic amines is 1. The van der Waals surface area contributed by atoms with Crippen molar-refractivity contribution in [1.82, 2.24) is 14.8 Å². The lowest BCUT2D eigenvalue weighted by Crippen LogP contribution is -2.74. The molecule has 0 amide bonds. The van der Waals surface area contributed by atoms with Gasteiger partial charge in [-0.05, 0) is 87.5 Å². The van der Waals surface area contributed by atoms with Crippen molar-refractivity contribution < 1.29 is 33.6 Å². The summed E-state index contributed by atoms with van der Waals surface area (Å²) >= 11 is 0. The van der Waals surface area contributed by atoms with E-state index < -0.39 is 17.6 Å². The summed E-state index contributed by atoms with van der Waals surface area (Å²) in [5.41, 5.74) is 6.28. The number of hydrogen-bond donors (Lipinski definition) is 2. The van der Waals surface area contributed by atoms with E-state index in [0.717, 1.165) is 93.0 Å². The number of rotatable bonds is 6.